The van der Waals surface area contributed by atoms with Crippen molar-refractivity contribution in [3.63, 3.8) is 0 Å². The minimum absolute atomic E-state index is 0.0498. The highest BCUT2D eigenvalue weighted by molar-refractivity contribution is 7.80. The van der Waals surface area contributed by atoms with E-state index in [2.05, 4.69) is 91.1 Å². The number of rotatable bonds is 26. The highest BCUT2D eigenvalue weighted by Crippen LogP contribution is 2.37. The van der Waals surface area contributed by atoms with Crippen LogP contribution in [0, 0.1) is 35.5 Å². The van der Waals surface area contributed by atoms with Crippen molar-refractivity contribution in [2.45, 2.75) is 194 Å². The summed E-state index contributed by atoms with van der Waals surface area (Å²) in [5.74, 6) is -10.6. The summed E-state index contributed by atoms with van der Waals surface area (Å²) in [4.78, 5) is 186. The van der Waals surface area contributed by atoms with Crippen LogP contribution in [0.1, 0.15) is 164 Å². The predicted molar refractivity (Wildman–Crippen MR) is 490 cm³/mol. The molecule has 0 aromatic heterocycles. The summed E-state index contributed by atoms with van der Waals surface area (Å²) in [5.41, 5.74) is 2.39. The molecule has 2 unspecified atom stereocenters. The monoisotopic (exact) mass is 1710 g/mol. The third kappa shape index (κ3) is 25.5. The standard InChI is InChI=1S/C100H120N10O12P2/c1-65(2)59-81-85(111)63-71(61-69-35-15-9-16-36-69)99(121)109-57-33-51-83(109)95(117)108-90(68(7)8)98(120)104-80(50-32-56-102-92(114)78-48-28-30-54-88(78)124(75-43-23-13-24-44-75)76-45-25-14-26-46-76)94(116)106-82(60-66(3)4)86(112)64-72(62-70-37-17-10-18-38-70)100(122)110-58-34-52-84(110)96(118)107-89(67(5)6)97(119)103-79(93(115)105-81)49-31-55-101-91(113)77-47-27-29-53-87(77)123(73-39-19-11-20-40-73)74-41-21-12-22-42-74/h9-30,35-48,53-54,65-68,71-72,79-84,89-90H,31-34,49-52,55-64H2,1-8H3,(H,101,113)(H,102,114)(H,103,119)(H,104,120)(H,105,115)(H,106,116)(H,107,118)(H,108,117)/t71-,72-,79-,80-,81?,82?,83-,84-,89-,90-/m0/s1. The van der Waals surface area contributed by atoms with Gasteiger partial charge < -0.3 is 52.3 Å². The molecule has 10 amide bonds. The Bertz CT molecular complexity index is 4570. The molecular weight excluding hydrogens is 1600 g/mol. The predicted octanol–water partition coefficient (Wildman–Crippen LogP) is 9.87. The van der Waals surface area contributed by atoms with Crippen molar-refractivity contribution in [2.75, 3.05) is 26.2 Å². The summed E-state index contributed by atoms with van der Waals surface area (Å²) < 4.78 is 0. The first-order valence-electron chi connectivity index (χ1n) is 43.9. The van der Waals surface area contributed by atoms with Crippen LogP contribution in [0.2, 0.25) is 0 Å². The normalized spacial score (nSPS) is 21.5. The number of carbonyl (C=O) groups excluding carboxylic acids is 12. The fourth-order valence-electron chi connectivity index (χ4n) is 16.9. The molecule has 3 aliphatic rings. The third-order valence-electron chi connectivity index (χ3n) is 23.3. The van der Waals surface area contributed by atoms with E-state index in [1.807, 2.05) is 198 Å². The number of nitrogens with zero attached hydrogens (tertiary/aromatic N) is 2. The minimum atomic E-state index is -1.37. The lowest BCUT2D eigenvalue weighted by Gasteiger charge is -2.32. The van der Waals surface area contributed by atoms with Crippen LogP contribution in [-0.2, 0) is 60.8 Å². The molecule has 0 aliphatic carbocycles. The van der Waals surface area contributed by atoms with Crippen molar-refractivity contribution < 1.29 is 57.5 Å². The van der Waals surface area contributed by atoms with Gasteiger partial charge in [0.15, 0.2) is 11.6 Å². The lowest BCUT2D eigenvalue weighted by atomic mass is 9.88. The van der Waals surface area contributed by atoms with Crippen LogP contribution >= 0.6 is 15.8 Å². The van der Waals surface area contributed by atoms with Crippen LogP contribution in [0.5, 0.6) is 0 Å². The molecule has 0 radical (unpaired) electrons. The summed E-state index contributed by atoms with van der Waals surface area (Å²) in [6, 6.07) is 63.3. The number of carbonyl (C=O) groups is 12. The number of ketones is 2. The van der Waals surface area contributed by atoms with E-state index in [1.54, 1.807) is 39.8 Å². The van der Waals surface area contributed by atoms with Gasteiger partial charge in [-0.05, 0) is 172 Å². The second-order valence-electron chi connectivity index (χ2n) is 34.3. The van der Waals surface area contributed by atoms with E-state index < -0.39 is 147 Å². The maximum absolute atomic E-state index is 15.6. The summed E-state index contributed by atoms with van der Waals surface area (Å²) in [6.45, 7) is 14.9. The lowest BCUT2D eigenvalue weighted by Crippen LogP contribution is -2.59. The Morgan fingerprint density at radius 1 is 0.363 bits per heavy atom. The highest BCUT2D eigenvalue weighted by atomic mass is 31.1. The summed E-state index contributed by atoms with van der Waals surface area (Å²) in [7, 11) is -2.38. The van der Waals surface area contributed by atoms with E-state index in [-0.39, 0.29) is 127 Å². The second kappa shape index (κ2) is 45.9. The van der Waals surface area contributed by atoms with E-state index in [1.165, 1.54) is 9.80 Å². The Kier molecular flexibility index (Phi) is 34.5. The molecule has 0 bridgehead atoms. The molecule has 8 aromatic rings. The molecule has 3 fully saturated rings. The Morgan fingerprint density at radius 3 is 0.976 bits per heavy atom. The Morgan fingerprint density at radius 2 is 0.661 bits per heavy atom. The van der Waals surface area contributed by atoms with Crippen LogP contribution in [0.25, 0.3) is 0 Å². The van der Waals surface area contributed by atoms with Crippen LogP contribution in [0.4, 0.5) is 0 Å². The van der Waals surface area contributed by atoms with Crippen molar-refractivity contribution in [1.82, 2.24) is 52.3 Å². The molecule has 0 saturated carbocycles. The zero-order valence-electron chi connectivity index (χ0n) is 72.4. The van der Waals surface area contributed by atoms with Gasteiger partial charge in [0.25, 0.3) is 11.8 Å². The number of nitrogens with one attached hydrogen (secondary N) is 8. The van der Waals surface area contributed by atoms with Gasteiger partial charge in [0.1, 0.15) is 36.3 Å². The smallest absolute Gasteiger partial charge is 0.251 e. The van der Waals surface area contributed by atoms with Gasteiger partial charge in [-0.3, -0.25) is 57.5 Å². The largest absolute Gasteiger partial charge is 0.352 e. The number of fused-ring (bicyclic) bond motifs is 2. The topological polar surface area (TPSA) is 308 Å². The van der Waals surface area contributed by atoms with Gasteiger partial charge in [0.2, 0.25) is 47.3 Å². The van der Waals surface area contributed by atoms with Crippen molar-refractivity contribution in [2.24, 2.45) is 35.5 Å². The summed E-state index contributed by atoms with van der Waals surface area (Å²) in [6.07, 6.45) is 1.01. The molecule has 8 aromatic carbocycles. The zero-order chi connectivity index (χ0) is 88.3. The van der Waals surface area contributed by atoms with E-state index >= 15 is 47.9 Å². The molecule has 22 nitrogen and oxygen atoms in total. The fourth-order valence-corrected chi connectivity index (χ4v) is 21.8. The number of hydrogen-bond donors (Lipinski definition) is 8. The van der Waals surface area contributed by atoms with Gasteiger partial charge in [-0.25, -0.2) is 0 Å². The molecule has 24 heteroatoms. The molecule has 8 N–H and O–H groups in total. The highest BCUT2D eigenvalue weighted by Gasteiger charge is 2.44. The second-order valence-corrected chi connectivity index (χ2v) is 38.7. The fraction of sp³-hybridized carbons (Fsp3) is 0.400. The van der Waals surface area contributed by atoms with Gasteiger partial charge in [0, 0.05) is 62.0 Å². The van der Waals surface area contributed by atoms with Gasteiger partial charge in [-0.15, -0.1) is 0 Å². The Hall–Kier alpha value is -11.3. The molecular formula is C100H120N10O12P2. The van der Waals surface area contributed by atoms with Crippen molar-refractivity contribution in [3.8, 4) is 0 Å². The molecule has 10 atom stereocenters. The molecule has 3 heterocycles. The summed E-state index contributed by atoms with van der Waals surface area (Å²) >= 11 is 0. The van der Waals surface area contributed by atoms with E-state index in [0.717, 1.165) is 43.0 Å². The molecule has 652 valence electrons. The molecule has 124 heavy (non-hydrogen) atoms. The molecule has 11 rings (SSSR count). The van der Waals surface area contributed by atoms with Gasteiger partial charge >= 0.3 is 0 Å². The lowest BCUT2D eigenvalue weighted by molar-refractivity contribution is -0.144. The van der Waals surface area contributed by atoms with Crippen molar-refractivity contribution >= 4 is 118 Å². The zero-order valence-corrected chi connectivity index (χ0v) is 74.2. The number of benzene rings is 8. The molecule has 3 aliphatic heterocycles. The maximum Gasteiger partial charge on any atom is 0.251 e. The Labute approximate surface area is 732 Å². The number of hydrogen-bond acceptors (Lipinski definition) is 12. The average molecular weight is 1720 g/mol. The first-order chi connectivity index (χ1) is 59.8. The van der Waals surface area contributed by atoms with Crippen LogP contribution in [-0.4, -0.2) is 155 Å². The van der Waals surface area contributed by atoms with E-state index in [4.69, 9.17) is 0 Å². The van der Waals surface area contributed by atoms with Gasteiger partial charge in [0.05, 0.1) is 12.1 Å². The van der Waals surface area contributed by atoms with Crippen LogP contribution < -0.4 is 74.4 Å². The third-order valence-corrected chi connectivity index (χ3v) is 28.3. The van der Waals surface area contributed by atoms with Crippen molar-refractivity contribution in [1.29, 1.82) is 0 Å². The van der Waals surface area contributed by atoms with Crippen LogP contribution in [0.15, 0.2) is 231 Å². The Balaban J connectivity index is 0.908. The first kappa shape index (κ1) is 93.4. The minimum Gasteiger partial charge on any atom is -0.352 e. The van der Waals surface area contributed by atoms with E-state index in [9.17, 15) is 9.59 Å². The number of Topliss-reactive ketones (excluding diaryl/α,β-unsaturated/α-hetero) is 2. The summed E-state index contributed by atoms with van der Waals surface area (Å²) in [5, 5.41) is 29.9. The quantitative estimate of drug-likeness (QED) is 0.0186. The average Bonchev–Trinajstić information content (AvgIpc) is 1.19. The van der Waals surface area contributed by atoms with Crippen molar-refractivity contribution in [3.05, 3.63) is 253 Å². The SMILES string of the molecule is CC(C)CC1NC(=O)[C@H](CCCNC(=O)c2ccccc2P(c2ccccc2)c2ccccc2)NC(=O)[C@H](C(C)C)NC(=O)[C@@H]2CCCN2C(=O)[C@@H](Cc2ccccc2)CC(=O)C(CC(C)C)NC(=O)[C@H](CCCNC(=O)c2ccccc2P(c2ccccc2)c2ccccc2)NC(=O)[C@H](C(C)C)NC(=O)[C@@H]2CCCN2C(=O)[C@@H](Cc2ccccc2)CC1=O. The van der Waals surface area contributed by atoms with Crippen LogP contribution in [0.3, 0.4) is 0 Å². The van der Waals surface area contributed by atoms with Gasteiger partial charge in [-0.2, -0.15) is 0 Å². The maximum atomic E-state index is 15.6. The number of amides is 10. The first-order valence-corrected chi connectivity index (χ1v) is 46.6. The molecule has 0 spiro atoms. The van der Waals surface area contributed by atoms with E-state index in [0.29, 0.717) is 24.0 Å². The van der Waals surface area contributed by atoms with Gasteiger partial charge in [-0.1, -0.05) is 274 Å². The molecule has 3 saturated heterocycles.